The molecular weight excluding hydrogens is 344 g/mol. The number of carbonyl (C=O) groups is 1. The van der Waals surface area contributed by atoms with E-state index in [2.05, 4.69) is 10.2 Å². The zero-order valence-electron chi connectivity index (χ0n) is 14.0. The van der Waals surface area contributed by atoms with Crippen molar-refractivity contribution in [2.24, 2.45) is 7.05 Å². The van der Waals surface area contributed by atoms with Crippen LogP contribution in [0.15, 0.2) is 24.3 Å². The Morgan fingerprint density at radius 1 is 1.36 bits per heavy atom. The molecular formula is C17H21ClN4O3. The second-order valence-electron chi connectivity index (χ2n) is 6.25. The van der Waals surface area contributed by atoms with Crippen LogP contribution in [0.5, 0.6) is 0 Å². The normalized spacial score (nSPS) is 16.9. The number of hydrogen-bond acceptors (Lipinski definition) is 5. The van der Waals surface area contributed by atoms with Gasteiger partial charge in [-0.2, -0.15) is 0 Å². The number of halogens is 1. The number of aliphatic hydroxyl groups is 2. The Kier molecular flexibility index (Phi) is 5.36. The Labute approximate surface area is 150 Å². The first kappa shape index (κ1) is 17.8. The number of piperidine rings is 1. The highest BCUT2D eigenvalue weighted by Gasteiger charge is 2.30. The molecule has 1 amide bonds. The molecule has 2 aromatic rings. The smallest absolute Gasteiger partial charge is 0.256 e. The first-order chi connectivity index (χ1) is 12.0. The van der Waals surface area contributed by atoms with Crippen molar-refractivity contribution >= 4 is 17.5 Å². The van der Waals surface area contributed by atoms with Gasteiger partial charge in [0.2, 0.25) is 0 Å². The van der Waals surface area contributed by atoms with E-state index < -0.39 is 6.10 Å². The molecule has 25 heavy (non-hydrogen) atoms. The second-order valence-corrected chi connectivity index (χ2v) is 6.69. The molecule has 1 aliphatic rings. The van der Waals surface area contributed by atoms with Gasteiger partial charge >= 0.3 is 0 Å². The fourth-order valence-corrected chi connectivity index (χ4v) is 3.42. The van der Waals surface area contributed by atoms with Crippen LogP contribution < -0.4 is 0 Å². The summed E-state index contributed by atoms with van der Waals surface area (Å²) >= 11 is 5.93. The number of carbonyl (C=O) groups excluding carboxylic acids is 1. The summed E-state index contributed by atoms with van der Waals surface area (Å²) in [5, 5.41) is 28.2. The Balaban J connectivity index is 1.63. The minimum Gasteiger partial charge on any atom is -0.388 e. The van der Waals surface area contributed by atoms with Gasteiger partial charge in [0.05, 0.1) is 0 Å². The molecule has 3 rings (SSSR count). The predicted octanol–water partition coefficient (Wildman–Crippen LogP) is 1.40. The largest absolute Gasteiger partial charge is 0.388 e. The molecule has 2 heterocycles. The summed E-state index contributed by atoms with van der Waals surface area (Å²) in [4.78, 5) is 14.2. The van der Waals surface area contributed by atoms with E-state index in [1.54, 1.807) is 29.2 Å². The molecule has 8 heteroatoms. The molecule has 2 N–H and O–H groups in total. The Hall–Kier alpha value is -1.96. The van der Waals surface area contributed by atoms with Crippen molar-refractivity contribution in [1.82, 2.24) is 19.7 Å². The highest BCUT2D eigenvalue weighted by Crippen LogP contribution is 2.28. The van der Waals surface area contributed by atoms with Crippen molar-refractivity contribution in [3.8, 4) is 0 Å². The maximum atomic E-state index is 12.5. The van der Waals surface area contributed by atoms with E-state index in [1.807, 2.05) is 11.6 Å². The summed E-state index contributed by atoms with van der Waals surface area (Å²) in [5.41, 5.74) is 0.500. The lowest BCUT2D eigenvalue weighted by molar-refractivity contribution is -0.141. The molecule has 0 aliphatic carbocycles. The van der Waals surface area contributed by atoms with Gasteiger partial charge in [0, 0.05) is 31.1 Å². The van der Waals surface area contributed by atoms with Crippen molar-refractivity contribution in [1.29, 1.82) is 0 Å². The number of benzene rings is 1. The third-order valence-corrected chi connectivity index (χ3v) is 4.95. The summed E-state index contributed by atoms with van der Waals surface area (Å²) < 4.78 is 1.81. The van der Waals surface area contributed by atoms with E-state index in [1.165, 1.54) is 0 Å². The maximum Gasteiger partial charge on any atom is 0.256 e. The van der Waals surface area contributed by atoms with Gasteiger partial charge < -0.3 is 19.7 Å². The van der Waals surface area contributed by atoms with Gasteiger partial charge in [-0.25, -0.2) is 0 Å². The first-order valence-electron chi connectivity index (χ1n) is 8.22. The molecule has 1 atom stereocenters. The van der Waals surface area contributed by atoms with Crippen molar-refractivity contribution < 1.29 is 15.0 Å². The molecule has 1 saturated heterocycles. The summed E-state index contributed by atoms with van der Waals surface area (Å²) in [6, 6.07) is 6.71. The lowest BCUT2D eigenvalue weighted by atomic mass is 9.95. The maximum absolute atomic E-state index is 12.5. The molecule has 0 radical (unpaired) electrons. The standard InChI is InChI=1S/C17H21ClN4O3/c1-21-14(10-23)19-20-16(21)11-5-7-22(8-6-11)17(25)15(24)12-3-2-4-13(18)9-12/h2-4,9,11,15,23-24H,5-8,10H2,1H3. The number of amides is 1. The molecule has 1 aromatic heterocycles. The van der Waals surface area contributed by atoms with Gasteiger partial charge in [0.25, 0.3) is 5.91 Å². The molecule has 134 valence electrons. The SMILES string of the molecule is Cn1c(CO)nnc1C1CCN(C(=O)C(O)c2cccc(Cl)c2)CC1. The van der Waals surface area contributed by atoms with E-state index in [-0.39, 0.29) is 18.4 Å². The van der Waals surface area contributed by atoms with E-state index >= 15 is 0 Å². The molecule has 1 aliphatic heterocycles. The minimum absolute atomic E-state index is 0.146. The van der Waals surface area contributed by atoms with Crippen molar-refractivity contribution in [3.63, 3.8) is 0 Å². The van der Waals surface area contributed by atoms with Crippen LogP contribution in [0.1, 0.15) is 42.1 Å². The molecule has 1 fully saturated rings. The highest BCUT2D eigenvalue weighted by atomic mass is 35.5. The van der Waals surface area contributed by atoms with Crippen molar-refractivity contribution in [3.05, 3.63) is 46.5 Å². The zero-order chi connectivity index (χ0) is 18.0. The topological polar surface area (TPSA) is 91.5 Å². The summed E-state index contributed by atoms with van der Waals surface area (Å²) in [6.07, 6.45) is 0.280. The second kappa shape index (κ2) is 7.51. The third kappa shape index (κ3) is 3.68. The van der Waals surface area contributed by atoms with Crippen LogP contribution in [0.2, 0.25) is 5.02 Å². The predicted molar refractivity (Wildman–Crippen MR) is 91.9 cm³/mol. The number of hydrogen-bond donors (Lipinski definition) is 2. The van der Waals surface area contributed by atoms with E-state index in [0.717, 1.165) is 18.7 Å². The fourth-order valence-electron chi connectivity index (χ4n) is 3.22. The van der Waals surface area contributed by atoms with Gasteiger partial charge in [-0.15, -0.1) is 10.2 Å². The van der Waals surface area contributed by atoms with Crippen LogP contribution in [0.3, 0.4) is 0 Å². The summed E-state index contributed by atoms with van der Waals surface area (Å²) in [7, 11) is 1.83. The van der Waals surface area contributed by atoms with Crippen molar-refractivity contribution in [2.45, 2.75) is 31.5 Å². The number of likely N-dealkylation sites (tertiary alicyclic amines) is 1. The van der Waals surface area contributed by atoms with Crippen LogP contribution >= 0.6 is 11.6 Å². The van der Waals surface area contributed by atoms with Gasteiger partial charge in [-0.1, -0.05) is 23.7 Å². The van der Waals surface area contributed by atoms with E-state index in [0.29, 0.717) is 29.5 Å². The number of aromatic nitrogens is 3. The quantitative estimate of drug-likeness (QED) is 0.855. The monoisotopic (exact) mass is 364 g/mol. The average molecular weight is 365 g/mol. The first-order valence-corrected chi connectivity index (χ1v) is 8.60. The Morgan fingerprint density at radius 2 is 2.08 bits per heavy atom. The lowest BCUT2D eigenvalue weighted by Gasteiger charge is -2.32. The van der Waals surface area contributed by atoms with Crippen LogP contribution in [0, 0.1) is 0 Å². The summed E-state index contributed by atoms with van der Waals surface area (Å²) in [6.45, 7) is 0.942. The van der Waals surface area contributed by atoms with Gasteiger partial charge in [-0.05, 0) is 30.5 Å². The summed E-state index contributed by atoms with van der Waals surface area (Å²) in [5.74, 6) is 1.23. The number of nitrogens with zero attached hydrogens (tertiary/aromatic N) is 4. The molecule has 1 unspecified atom stereocenters. The molecule has 0 bridgehead atoms. The van der Waals surface area contributed by atoms with Gasteiger partial charge in [-0.3, -0.25) is 4.79 Å². The molecule has 0 saturated carbocycles. The molecule has 7 nitrogen and oxygen atoms in total. The van der Waals surface area contributed by atoms with Crippen LogP contribution in [0.4, 0.5) is 0 Å². The van der Waals surface area contributed by atoms with Crippen LogP contribution in [-0.4, -0.2) is 48.9 Å². The van der Waals surface area contributed by atoms with E-state index in [9.17, 15) is 15.0 Å². The highest BCUT2D eigenvalue weighted by molar-refractivity contribution is 6.30. The lowest BCUT2D eigenvalue weighted by Crippen LogP contribution is -2.41. The van der Waals surface area contributed by atoms with Crippen LogP contribution in [0.25, 0.3) is 0 Å². The van der Waals surface area contributed by atoms with Crippen LogP contribution in [-0.2, 0) is 18.4 Å². The van der Waals surface area contributed by atoms with Gasteiger partial charge in [0.1, 0.15) is 12.4 Å². The average Bonchev–Trinajstić information content (AvgIpc) is 3.01. The van der Waals surface area contributed by atoms with Crippen molar-refractivity contribution in [2.75, 3.05) is 13.1 Å². The molecule has 1 aromatic carbocycles. The number of aliphatic hydroxyl groups excluding tert-OH is 2. The number of rotatable bonds is 4. The molecule has 0 spiro atoms. The third-order valence-electron chi connectivity index (χ3n) is 4.71. The zero-order valence-corrected chi connectivity index (χ0v) is 14.7. The van der Waals surface area contributed by atoms with Gasteiger partial charge in [0.15, 0.2) is 11.9 Å². The minimum atomic E-state index is -1.20. The Morgan fingerprint density at radius 3 is 2.68 bits per heavy atom. The fraction of sp³-hybridized carbons (Fsp3) is 0.471. The van der Waals surface area contributed by atoms with E-state index in [4.69, 9.17) is 11.6 Å². The Bertz CT molecular complexity index is 756.